The Bertz CT molecular complexity index is 504. The molecule has 0 aromatic carbocycles. The molecular weight excluding hydrogens is 326 g/mol. The van der Waals surface area contributed by atoms with Crippen LogP contribution in [0.25, 0.3) is 0 Å². The summed E-state index contributed by atoms with van der Waals surface area (Å²) >= 11 is 4.76. The Morgan fingerprint density at radius 3 is 2.63 bits per heavy atom. The van der Waals surface area contributed by atoms with Crippen molar-refractivity contribution < 1.29 is 9.59 Å². The van der Waals surface area contributed by atoms with E-state index in [9.17, 15) is 9.59 Å². The molecule has 0 N–H and O–H groups in total. The normalized spacial score (nSPS) is 20.1. The van der Waals surface area contributed by atoms with E-state index < -0.39 is 0 Å². The minimum absolute atomic E-state index is 0.0265. The zero-order valence-corrected chi connectivity index (χ0v) is 13.8. The van der Waals surface area contributed by atoms with Gasteiger partial charge in [-0.3, -0.25) is 9.59 Å². The summed E-state index contributed by atoms with van der Waals surface area (Å²) in [6.07, 6.45) is 0.560. The summed E-state index contributed by atoms with van der Waals surface area (Å²) in [6.45, 7) is 7.34. The first-order valence-electron chi connectivity index (χ1n) is 6.33. The molecule has 5 heteroatoms. The third-order valence-electron chi connectivity index (χ3n) is 3.62. The van der Waals surface area contributed by atoms with Gasteiger partial charge >= 0.3 is 0 Å². The molecule has 2 heterocycles. The van der Waals surface area contributed by atoms with Crippen LogP contribution in [0, 0.1) is 11.3 Å². The molecular formula is C14H18BrNO2S. The van der Waals surface area contributed by atoms with Gasteiger partial charge in [-0.2, -0.15) is 0 Å². The van der Waals surface area contributed by atoms with Crippen LogP contribution in [-0.2, 0) is 4.79 Å². The molecule has 0 aliphatic carbocycles. The largest absolute Gasteiger partial charge is 0.335 e. The van der Waals surface area contributed by atoms with E-state index in [4.69, 9.17) is 0 Å². The van der Waals surface area contributed by atoms with Crippen molar-refractivity contribution in [2.75, 3.05) is 13.1 Å². The number of hydrogen-bond acceptors (Lipinski definition) is 3. The van der Waals surface area contributed by atoms with Crippen molar-refractivity contribution >= 4 is 39.0 Å². The molecule has 1 aliphatic rings. The molecule has 1 aromatic rings. The number of Topliss-reactive ketones (excluding diaryl/α,β-unsaturated/α-hetero) is 1. The molecule has 19 heavy (non-hydrogen) atoms. The molecule has 0 spiro atoms. The van der Waals surface area contributed by atoms with Crippen LogP contribution in [-0.4, -0.2) is 29.7 Å². The highest BCUT2D eigenvalue weighted by Gasteiger charge is 2.37. The quantitative estimate of drug-likeness (QED) is 0.786. The summed E-state index contributed by atoms with van der Waals surface area (Å²) in [4.78, 5) is 26.5. The zero-order chi connectivity index (χ0) is 14.2. The lowest BCUT2D eigenvalue weighted by atomic mass is 9.80. The molecule has 0 radical (unpaired) electrons. The maximum atomic E-state index is 12.1. The van der Waals surface area contributed by atoms with Crippen molar-refractivity contribution in [2.24, 2.45) is 11.3 Å². The SMILES string of the molecule is CC(C)(C)C1CC(=O)N(CC(=O)c2ccc(Br)s2)C1. The van der Waals surface area contributed by atoms with E-state index in [1.165, 1.54) is 11.3 Å². The lowest BCUT2D eigenvalue weighted by molar-refractivity contribution is -0.127. The number of ketones is 1. The number of amides is 1. The molecule has 1 unspecified atom stereocenters. The van der Waals surface area contributed by atoms with Crippen molar-refractivity contribution in [1.82, 2.24) is 4.90 Å². The van der Waals surface area contributed by atoms with Crippen LogP contribution in [0.4, 0.5) is 0 Å². The fourth-order valence-corrected chi connectivity index (χ4v) is 3.54. The van der Waals surface area contributed by atoms with Crippen LogP contribution in [0.15, 0.2) is 15.9 Å². The van der Waals surface area contributed by atoms with Crippen LogP contribution >= 0.6 is 27.3 Å². The highest BCUT2D eigenvalue weighted by molar-refractivity contribution is 9.11. The van der Waals surface area contributed by atoms with Crippen molar-refractivity contribution in [3.63, 3.8) is 0 Å². The van der Waals surface area contributed by atoms with E-state index in [1.807, 2.05) is 6.07 Å². The number of likely N-dealkylation sites (tertiary alicyclic amines) is 1. The van der Waals surface area contributed by atoms with Gasteiger partial charge in [0.25, 0.3) is 0 Å². The summed E-state index contributed by atoms with van der Waals surface area (Å²) in [5.41, 5.74) is 0.111. The number of rotatable bonds is 3. The van der Waals surface area contributed by atoms with Crippen molar-refractivity contribution in [2.45, 2.75) is 27.2 Å². The van der Waals surface area contributed by atoms with Gasteiger partial charge in [-0.25, -0.2) is 0 Å². The maximum Gasteiger partial charge on any atom is 0.223 e. The van der Waals surface area contributed by atoms with Crippen molar-refractivity contribution in [1.29, 1.82) is 0 Å². The summed E-state index contributed by atoms with van der Waals surface area (Å²) in [6, 6.07) is 3.67. The second-order valence-corrected chi connectivity index (χ2v) is 8.53. The summed E-state index contributed by atoms with van der Waals surface area (Å²) in [7, 11) is 0. The molecule has 1 aromatic heterocycles. The lowest BCUT2D eigenvalue weighted by Gasteiger charge is -2.26. The smallest absolute Gasteiger partial charge is 0.223 e. The summed E-state index contributed by atoms with van der Waals surface area (Å²) < 4.78 is 0.941. The van der Waals surface area contributed by atoms with E-state index in [2.05, 4.69) is 36.7 Å². The minimum atomic E-state index is 0.0265. The van der Waals surface area contributed by atoms with Crippen LogP contribution in [0.2, 0.25) is 0 Å². The Morgan fingerprint density at radius 2 is 2.16 bits per heavy atom. The Balaban J connectivity index is 2.00. The van der Waals surface area contributed by atoms with Gasteiger partial charge < -0.3 is 4.90 Å². The molecule has 1 atom stereocenters. The second kappa shape index (κ2) is 5.37. The number of thiophene rings is 1. The third-order valence-corrected chi connectivity index (χ3v) is 5.29. The minimum Gasteiger partial charge on any atom is -0.335 e. The molecule has 0 bridgehead atoms. The molecule has 1 amide bonds. The van der Waals surface area contributed by atoms with Crippen LogP contribution in [0.5, 0.6) is 0 Å². The van der Waals surface area contributed by atoms with Gasteiger partial charge in [-0.15, -0.1) is 11.3 Å². The van der Waals surface area contributed by atoms with Gasteiger partial charge in [0.05, 0.1) is 15.2 Å². The molecule has 1 fully saturated rings. The van der Waals surface area contributed by atoms with Crippen LogP contribution in [0.3, 0.4) is 0 Å². The Labute approximate surface area is 126 Å². The average molecular weight is 344 g/mol. The first-order valence-corrected chi connectivity index (χ1v) is 7.94. The van der Waals surface area contributed by atoms with E-state index in [0.717, 1.165) is 3.79 Å². The fraction of sp³-hybridized carbons (Fsp3) is 0.571. The summed E-state index contributed by atoms with van der Waals surface area (Å²) in [5.74, 6) is 0.463. The molecule has 1 saturated heterocycles. The summed E-state index contributed by atoms with van der Waals surface area (Å²) in [5, 5.41) is 0. The van der Waals surface area contributed by atoms with E-state index >= 15 is 0 Å². The van der Waals surface area contributed by atoms with Crippen LogP contribution < -0.4 is 0 Å². The second-order valence-electron chi connectivity index (χ2n) is 6.07. The van der Waals surface area contributed by atoms with Gasteiger partial charge in [-0.05, 0) is 39.4 Å². The Kier molecular flexibility index (Phi) is 4.16. The molecule has 104 valence electrons. The highest BCUT2D eigenvalue weighted by atomic mass is 79.9. The van der Waals surface area contributed by atoms with Gasteiger partial charge in [0.2, 0.25) is 5.91 Å². The Hall–Kier alpha value is -0.680. The number of carbonyl (C=O) groups is 2. The number of halogens is 1. The first-order chi connectivity index (χ1) is 8.77. The number of hydrogen-bond donors (Lipinski definition) is 0. The standard InChI is InChI=1S/C14H18BrNO2S/c1-14(2,3)9-6-13(18)16(7-9)8-10(17)11-4-5-12(15)19-11/h4-5,9H,6-8H2,1-3H3. The monoisotopic (exact) mass is 343 g/mol. The third kappa shape index (κ3) is 3.45. The van der Waals surface area contributed by atoms with Gasteiger partial charge in [0, 0.05) is 13.0 Å². The van der Waals surface area contributed by atoms with Gasteiger partial charge in [0.15, 0.2) is 5.78 Å². The zero-order valence-electron chi connectivity index (χ0n) is 11.4. The number of carbonyl (C=O) groups excluding carboxylic acids is 2. The maximum absolute atomic E-state index is 12.1. The molecule has 1 aliphatic heterocycles. The lowest BCUT2D eigenvalue weighted by Crippen LogP contribution is -2.32. The van der Waals surface area contributed by atoms with E-state index in [0.29, 0.717) is 23.8 Å². The predicted octanol–water partition coefficient (Wildman–Crippen LogP) is 3.59. The van der Waals surface area contributed by atoms with E-state index in [1.54, 1.807) is 11.0 Å². The highest BCUT2D eigenvalue weighted by Crippen LogP contribution is 2.34. The average Bonchev–Trinajstić information content (AvgIpc) is 2.85. The van der Waals surface area contributed by atoms with Gasteiger partial charge in [0.1, 0.15) is 0 Å². The fourth-order valence-electron chi connectivity index (χ4n) is 2.22. The Morgan fingerprint density at radius 1 is 1.47 bits per heavy atom. The van der Waals surface area contributed by atoms with Gasteiger partial charge in [-0.1, -0.05) is 20.8 Å². The van der Waals surface area contributed by atoms with Crippen molar-refractivity contribution in [3.05, 3.63) is 20.8 Å². The van der Waals surface area contributed by atoms with Crippen LogP contribution in [0.1, 0.15) is 36.9 Å². The predicted molar refractivity (Wildman–Crippen MR) is 80.5 cm³/mol. The molecule has 0 saturated carbocycles. The van der Waals surface area contributed by atoms with E-state index in [-0.39, 0.29) is 23.7 Å². The molecule has 2 rings (SSSR count). The van der Waals surface area contributed by atoms with Crippen molar-refractivity contribution in [3.8, 4) is 0 Å². The number of nitrogens with zero attached hydrogens (tertiary/aromatic N) is 1. The molecule has 3 nitrogen and oxygen atoms in total. The topological polar surface area (TPSA) is 37.4 Å². The first kappa shape index (κ1) is 14.7.